The minimum atomic E-state index is 0.545. The summed E-state index contributed by atoms with van der Waals surface area (Å²) in [5.74, 6) is 1.48. The summed E-state index contributed by atoms with van der Waals surface area (Å²) < 4.78 is 0. The minimum Gasteiger partial charge on any atom is -0.358 e. The second-order valence-corrected chi connectivity index (χ2v) is 3.70. The highest BCUT2D eigenvalue weighted by atomic mass is 15.2. The summed E-state index contributed by atoms with van der Waals surface area (Å²) in [4.78, 5) is 2.23. The SMILES string of the molecule is CCC(C)N(CC)C(=N)C1CC1. The number of amidine groups is 1. The van der Waals surface area contributed by atoms with Crippen molar-refractivity contribution in [3.05, 3.63) is 0 Å². The van der Waals surface area contributed by atoms with Gasteiger partial charge in [0.2, 0.25) is 0 Å². The highest BCUT2D eigenvalue weighted by molar-refractivity contribution is 5.84. The zero-order valence-electron chi connectivity index (χ0n) is 8.43. The molecule has 0 bridgehead atoms. The van der Waals surface area contributed by atoms with E-state index in [4.69, 9.17) is 5.41 Å². The lowest BCUT2D eigenvalue weighted by molar-refractivity contribution is 0.326. The first kappa shape index (κ1) is 9.56. The van der Waals surface area contributed by atoms with Crippen molar-refractivity contribution in [3.63, 3.8) is 0 Å². The molecule has 1 saturated carbocycles. The summed E-state index contributed by atoms with van der Waals surface area (Å²) in [6.45, 7) is 7.53. The summed E-state index contributed by atoms with van der Waals surface area (Å²) in [5, 5.41) is 7.92. The lowest BCUT2D eigenvalue weighted by Crippen LogP contribution is -2.38. The van der Waals surface area contributed by atoms with E-state index < -0.39 is 0 Å². The molecule has 0 aromatic carbocycles. The highest BCUT2D eigenvalue weighted by Crippen LogP contribution is 2.31. The lowest BCUT2D eigenvalue weighted by Gasteiger charge is -2.29. The molecular weight excluding hydrogens is 148 g/mol. The van der Waals surface area contributed by atoms with Crippen molar-refractivity contribution in [1.82, 2.24) is 4.90 Å². The largest absolute Gasteiger partial charge is 0.358 e. The summed E-state index contributed by atoms with van der Waals surface area (Å²) in [7, 11) is 0. The average Bonchev–Trinajstić information content (AvgIpc) is 2.87. The molecule has 2 heteroatoms. The Kier molecular flexibility index (Phi) is 3.12. The predicted octanol–water partition coefficient (Wildman–Crippen LogP) is 2.49. The number of hydrogen-bond donors (Lipinski definition) is 1. The fourth-order valence-corrected chi connectivity index (χ4v) is 1.53. The smallest absolute Gasteiger partial charge is 0.0991 e. The zero-order valence-corrected chi connectivity index (χ0v) is 8.43. The fourth-order valence-electron chi connectivity index (χ4n) is 1.53. The molecule has 12 heavy (non-hydrogen) atoms. The van der Waals surface area contributed by atoms with Crippen LogP contribution in [0.25, 0.3) is 0 Å². The van der Waals surface area contributed by atoms with E-state index in [1.54, 1.807) is 0 Å². The maximum Gasteiger partial charge on any atom is 0.0991 e. The molecule has 1 fully saturated rings. The van der Waals surface area contributed by atoms with Crippen LogP contribution < -0.4 is 0 Å². The van der Waals surface area contributed by atoms with E-state index in [1.807, 2.05) is 0 Å². The molecule has 1 aliphatic rings. The van der Waals surface area contributed by atoms with Gasteiger partial charge in [-0.05, 0) is 33.1 Å². The molecule has 0 radical (unpaired) electrons. The van der Waals surface area contributed by atoms with Crippen LogP contribution in [-0.4, -0.2) is 23.3 Å². The third-order valence-electron chi connectivity index (χ3n) is 2.74. The van der Waals surface area contributed by atoms with Crippen LogP contribution in [0.5, 0.6) is 0 Å². The van der Waals surface area contributed by atoms with Crippen LogP contribution in [-0.2, 0) is 0 Å². The van der Waals surface area contributed by atoms with Gasteiger partial charge in [-0.3, -0.25) is 5.41 Å². The molecule has 1 atom stereocenters. The first-order chi connectivity index (χ1) is 5.70. The van der Waals surface area contributed by atoms with Gasteiger partial charge in [0.15, 0.2) is 0 Å². The van der Waals surface area contributed by atoms with E-state index in [1.165, 1.54) is 12.8 Å². The predicted molar refractivity (Wildman–Crippen MR) is 52.6 cm³/mol. The van der Waals surface area contributed by atoms with Crippen LogP contribution in [0.2, 0.25) is 0 Å². The van der Waals surface area contributed by atoms with Crippen LogP contribution >= 0.6 is 0 Å². The van der Waals surface area contributed by atoms with Crippen molar-refractivity contribution >= 4 is 5.84 Å². The van der Waals surface area contributed by atoms with Gasteiger partial charge in [0.1, 0.15) is 0 Å². The van der Waals surface area contributed by atoms with Crippen LogP contribution in [0.4, 0.5) is 0 Å². The molecule has 0 aliphatic heterocycles. The Morgan fingerprint density at radius 2 is 2.08 bits per heavy atom. The van der Waals surface area contributed by atoms with E-state index in [0.717, 1.165) is 18.8 Å². The van der Waals surface area contributed by atoms with Gasteiger partial charge < -0.3 is 4.90 Å². The van der Waals surface area contributed by atoms with Crippen molar-refractivity contribution in [2.24, 2.45) is 5.92 Å². The molecule has 0 saturated heterocycles. The van der Waals surface area contributed by atoms with Gasteiger partial charge in [0.05, 0.1) is 5.84 Å². The zero-order chi connectivity index (χ0) is 9.14. The highest BCUT2D eigenvalue weighted by Gasteiger charge is 2.30. The third-order valence-corrected chi connectivity index (χ3v) is 2.74. The Labute approximate surface area is 75.5 Å². The molecule has 0 spiro atoms. The van der Waals surface area contributed by atoms with Crippen LogP contribution in [0.3, 0.4) is 0 Å². The number of nitrogens with zero attached hydrogens (tertiary/aromatic N) is 1. The number of rotatable bonds is 4. The summed E-state index contributed by atoms with van der Waals surface area (Å²) in [6.07, 6.45) is 3.63. The van der Waals surface area contributed by atoms with Crippen LogP contribution in [0, 0.1) is 11.3 Å². The Balaban J connectivity index is 2.47. The third kappa shape index (κ3) is 1.99. The Morgan fingerprint density at radius 1 is 1.50 bits per heavy atom. The Morgan fingerprint density at radius 3 is 2.42 bits per heavy atom. The topological polar surface area (TPSA) is 27.1 Å². The van der Waals surface area contributed by atoms with Crippen molar-refractivity contribution in [2.45, 2.75) is 46.1 Å². The maximum absolute atomic E-state index is 7.92. The molecule has 0 amide bonds. The lowest BCUT2D eigenvalue weighted by atomic mass is 10.2. The average molecular weight is 168 g/mol. The van der Waals surface area contributed by atoms with Gasteiger partial charge in [-0.1, -0.05) is 6.92 Å². The molecule has 70 valence electrons. The van der Waals surface area contributed by atoms with E-state index in [-0.39, 0.29) is 0 Å². The van der Waals surface area contributed by atoms with Crippen molar-refractivity contribution in [1.29, 1.82) is 5.41 Å². The van der Waals surface area contributed by atoms with Crippen molar-refractivity contribution in [3.8, 4) is 0 Å². The standard InChI is InChI=1S/C10H20N2/c1-4-8(3)12(5-2)10(11)9-6-7-9/h8-9,11H,4-7H2,1-3H3. The van der Waals surface area contributed by atoms with Gasteiger partial charge in [-0.15, -0.1) is 0 Å². The van der Waals surface area contributed by atoms with Gasteiger partial charge >= 0.3 is 0 Å². The van der Waals surface area contributed by atoms with Crippen molar-refractivity contribution < 1.29 is 0 Å². The van der Waals surface area contributed by atoms with E-state index in [0.29, 0.717) is 12.0 Å². The van der Waals surface area contributed by atoms with Gasteiger partial charge in [-0.2, -0.15) is 0 Å². The second-order valence-electron chi connectivity index (χ2n) is 3.70. The van der Waals surface area contributed by atoms with E-state index in [2.05, 4.69) is 25.7 Å². The summed E-state index contributed by atoms with van der Waals surface area (Å²) in [6, 6.07) is 0.545. The Bertz CT molecular complexity index is 161. The van der Waals surface area contributed by atoms with Crippen molar-refractivity contribution in [2.75, 3.05) is 6.54 Å². The first-order valence-corrected chi connectivity index (χ1v) is 5.05. The fraction of sp³-hybridized carbons (Fsp3) is 0.900. The van der Waals surface area contributed by atoms with Crippen LogP contribution in [0.15, 0.2) is 0 Å². The van der Waals surface area contributed by atoms with Gasteiger partial charge in [-0.25, -0.2) is 0 Å². The normalized spacial score (nSPS) is 18.9. The van der Waals surface area contributed by atoms with Gasteiger partial charge in [0, 0.05) is 18.5 Å². The van der Waals surface area contributed by atoms with Gasteiger partial charge in [0.25, 0.3) is 0 Å². The van der Waals surface area contributed by atoms with E-state index in [9.17, 15) is 0 Å². The second kappa shape index (κ2) is 3.92. The Hall–Kier alpha value is -0.530. The maximum atomic E-state index is 7.92. The molecule has 1 rings (SSSR count). The monoisotopic (exact) mass is 168 g/mol. The minimum absolute atomic E-state index is 0.545. The first-order valence-electron chi connectivity index (χ1n) is 5.05. The summed E-state index contributed by atoms with van der Waals surface area (Å²) >= 11 is 0. The number of hydrogen-bond acceptors (Lipinski definition) is 1. The molecular formula is C10H20N2. The molecule has 1 unspecified atom stereocenters. The molecule has 0 aromatic rings. The quantitative estimate of drug-likeness (QED) is 0.507. The molecule has 2 nitrogen and oxygen atoms in total. The summed E-state index contributed by atoms with van der Waals surface area (Å²) in [5.41, 5.74) is 0. The molecule has 0 heterocycles. The number of nitrogens with one attached hydrogen (secondary N) is 1. The van der Waals surface area contributed by atoms with E-state index >= 15 is 0 Å². The molecule has 1 N–H and O–H groups in total. The molecule has 0 aromatic heterocycles. The van der Waals surface area contributed by atoms with Crippen LogP contribution in [0.1, 0.15) is 40.0 Å². The molecule has 1 aliphatic carbocycles.